The second kappa shape index (κ2) is 9.18. The van der Waals surface area contributed by atoms with Crippen LogP contribution in [-0.2, 0) is 0 Å². The van der Waals surface area contributed by atoms with Crippen LogP contribution in [0.2, 0.25) is 0 Å². The Bertz CT molecular complexity index is 812. The largest absolute Gasteiger partial charge is 0.457 e. The number of para-hydroxylation sites is 1. The Morgan fingerprint density at radius 3 is 2.27 bits per heavy atom. The van der Waals surface area contributed by atoms with Gasteiger partial charge >= 0.3 is 0 Å². The molecule has 0 amide bonds. The molecule has 136 valence electrons. The highest BCUT2D eigenvalue weighted by Crippen LogP contribution is 2.29. The Hall–Kier alpha value is -2.62. The normalized spacial score (nSPS) is 10.8. The SMILES string of the molecule is CCCCN(CCCC)c1ncnc2cc(Oc3ccccc3)ccc12. The van der Waals surface area contributed by atoms with Crippen LogP contribution in [-0.4, -0.2) is 23.1 Å². The lowest BCUT2D eigenvalue weighted by atomic mass is 10.2. The molecule has 0 radical (unpaired) electrons. The number of fused-ring (bicyclic) bond motifs is 1. The fourth-order valence-electron chi connectivity index (χ4n) is 2.98. The van der Waals surface area contributed by atoms with E-state index in [1.165, 1.54) is 25.7 Å². The molecule has 1 aromatic heterocycles. The molecule has 0 aliphatic carbocycles. The van der Waals surface area contributed by atoms with Gasteiger partial charge in [-0.2, -0.15) is 0 Å². The minimum atomic E-state index is 0.794. The first-order valence-electron chi connectivity index (χ1n) is 9.54. The van der Waals surface area contributed by atoms with Crippen LogP contribution in [0.5, 0.6) is 11.5 Å². The van der Waals surface area contributed by atoms with Crippen molar-refractivity contribution in [3.63, 3.8) is 0 Å². The Kier molecular flexibility index (Phi) is 6.42. The summed E-state index contributed by atoms with van der Waals surface area (Å²) in [5.74, 6) is 2.65. The number of unbranched alkanes of at least 4 members (excludes halogenated alkanes) is 2. The quantitative estimate of drug-likeness (QED) is 0.487. The molecule has 26 heavy (non-hydrogen) atoms. The van der Waals surface area contributed by atoms with E-state index in [0.29, 0.717) is 0 Å². The minimum Gasteiger partial charge on any atom is -0.457 e. The number of hydrogen-bond donors (Lipinski definition) is 0. The van der Waals surface area contributed by atoms with Crippen molar-refractivity contribution in [1.82, 2.24) is 9.97 Å². The molecule has 3 aromatic rings. The Balaban J connectivity index is 1.89. The van der Waals surface area contributed by atoms with E-state index in [9.17, 15) is 0 Å². The lowest BCUT2D eigenvalue weighted by Crippen LogP contribution is -2.26. The molecule has 0 aliphatic rings. The summed E-state index contributed by atoms with van der Waals surface area (Å²) in [5, 5.41) is 1.08. The molecular formula is C22H27N3O. The molecule has 0 saturated carbocycles. The van der Waals surface area contributed by atoms with E-state index in [1.807, 2.05) is 42.5 Å². The van der Waals surface area contributed by atoms with Crippen LogP contribution in [0, 0.1) is 0 Å². The summed E-state index contributed by atoms with van der Waals surface area (Å²) in [7, 11) is 0. The third-order valence-corrected chi connectivity index (χ3v) is 4.43. The fourth-order valence-corrected chi connectivity index (χ4v) is 2.98. The molecule has 4 nitrogen and oxygen atoms in total. The molecular weight excluding hydrogens is 322 g/mol. The van der Waals surface area contributed by atoms with Crippen molar-refractivity contribution in [2.24, 2.45) is 0 Å². The van der Waals surface area contributed by atoms with Gasteiger partial charge in [0.25, 0.3) is 0 Å². The van der Waals surface area contributed by atoms with E-state index in [0.717, 1.165) is 41.3 Å². The van der Waals surface area contributed by atoms with Gasteiger partial charge in [0, 0.05) is 24.5 Å². The maximum atomic E-state index is 5.94. The van der Waals surface area contributed by atoms with E-state index in [-0.39, 0.29) is 0 Å². The van der Waals surface area contributed by atoms with E-state index < -0.39 is 0 Å². The highest BCUT2D eigenvalue weighted by atomic mass is 16.5. The number of hydrogen-bond acceptors (Lipinski definition) is 4. The molecule has 0 bridgehead atoms. The van der Waals surface area contributed by atoms with Gasteiger partial charge in [-0.05, 0) is 37.1 Å². The van der Waals surface area contributed by atoms with E-state index in [1.54, 1.807) is 6.33 Å². The smallest absolute Gasteiger partial charge is 0.139 e. The Morgan fingerprint density at radius 2 is 1.58 bits per heavy atom. The van der Waals surface area contributed by atoms with Gasteiger partial charge in [-0.1, -0.05) is 44.9 Å². The van der Waals surface area contributed by atoms with Crippen molar-refractivity contribution in [2.45, 2.75) is 39.5 Å². The predicted molar refractivity (Wildman–Crippen MR) is 108 cm³/mol. The average molecular weight is 349 g/mol. The monoisotopic (exact) mass is 349 g/mol. The number of benzene rings is 2. The first-order valence-corrected chi connectivity index (χ1v) is 9.54. The molecule has 0 fully saturated rings. The van der Waals surface area contributed by atoms with E-state index >= 15 is 0 Å². The van der Waals surface area contributed by atoms with Crippen LogP contribution in [0.3, 0.4) is 0 Å². The van der Waals surface area contributed by atoms with Crippen molar-refractivity contribution in [2.75, 3.05) is 18.0 Å². The van der Waals surface area contributed by atoms with Crippen molar-refractivity contribution in [3.05, 3.63) is 54.9 Å². The van der Waals surface area contributed by atoms with Gasteiger partial charge in [-0.3, -0.25) is 0 Å². The Morgan fingerprint density at radius 1 is 0.846 bits per heavy atom. The zero-order chi connectivity index (χ0) is 18.2. The molecule has 3 rings (SSSR count). The molecule has 1 heterocycles. The summed E-state index contributed by atoms with van der Waals surface area (Å²) in [5.41, 5.74) is 0.918. The van der Waals surface area contributed by atoms with Crippen molar-refractivity contribution in [3.8, 4) is 11.5 Å². The number of rotatable bonds is 9. The third kappa shape index (κ3) is 4.51. The third-order valence-electron chi connectivity index (χ3n) is 4.43. The summed E-state index contributed by atoms with van der Waals surface area (Å²) >= 11 is 0. The highest BCUT2D eigenvalue weighted by molar-refractivity contribution is 5.90. The van der Waals surface area contributed by atoms with Gasteiger partial charge in [0.05, 0.1) is 5.52 Å². The molecule has 2 aromatic carbocycles. The van der Waals surface area contributed by atoms with E-state index in [2.05, 4.69) is 34.8 Å². The van der Waals surface area contributed by atoms with Gasteiger partial charge in [-0.15, -0.1) is 0 Å². The van der Waals surface area contributed by atoms with Crippen molar-refractivity contribution < 1.29 is 4.74 Å². The summed E-state index contributed by atoms with van der Waals surface area (Å²) in [6.07, 6.45) is 6.37. The fraction of sp³-hybridized carbons (Fsp3) is 0.364. The first-order chi connectivity index (χ1) is 12.8. The lowest BCUT2D eigenvalue weighted by molar-refractivity contribution is 0.483. The minimum absolute atomic E-state index is 0.794. The van der Waals surface area contributed by atoms with E-state index in [4.69, 9.17) is 4.74 Å². The second-order valence-electron chi connectivity index (χ2n) is 6.49. The standard InChI is InChI=1S/C22H27N3O/c1-3-5-14-25(15-6-4-2)22-20-13-12-19(16-21(20)23-17-24-22)26-18-10-8-7-9-11-18/h7-13,16-17H,3-6,14-15H2,1-2H3. The van der Waals surface area contributed by atoms with Crippen LogP contribution in [0.4, 0.5) is 5.82 Å². The van der Waals surface area contributed by atoms with Crippen LogP contribution in [0.1, 0.15) is 39.5 Å². The van der Waals surface area contributed by atoms with Crippen LogP contribution >= 0.6 is 0 Å². The summed E-state index contributed by atoms with van der Waals surface area (Å²) in [6, 6.07) is 15.9. The first kappa shape index (κ1) is 18.2. The maximum Gasteiger partial charge on any atom is 0.139 e. The van der Waals surface area contributed by atoms with Crippen LogP contribution < -0.4 is 9.64 Å². The van der Waals surface area contributed by atoms with Gasteiger partial charge in [0.2, 0.25) is 0 Å². The number of anilines is 1. The Labute approximate surface area is 155 Å². The topological polar surface area (TPSA) is 38.2 Å². The van der Waals surface area contributed by atoms with Crippen molar-refractivity contribution in [1.29, 1.82) is 0 Å². The second-order valence-corrected chi connectivity index (χ2v) is 6.49. The van der Waals surface area contributed by atoms with Crippen LogP contribution in [0.15, 0.2) is 54.9 Å². The zero-order valence-corrected chi connectivity index (χ0v) is 15.7. The zero-order valence-electron chi connectivity index (χ0n) is 15.7. The van der Waals surface area contributed by atoms with Gasteiger partial charge < -0.3 is 9.64 Å². The van der Waals surface area contributed by atoms with Crippen molar-refractivity contribution >= 4 is 16.7 Å². The summed E-state index contributed by atoms with van der Waals surface area (Å²) in [6.45, 7) is 6.52. The summed E-state index contributed by atoms with van der Waals surface area (Å²) < 4.78 is 5.94. The van der Waals surface area contributed by atoms with Gasteiger partial charge in [0.1, 0.15) is 23.6 Å². The molecule has 0 unspecified atom stereocenters. The maximum absolute atomic E-state index is 5.94. The number of aromatic nitrogens is 2. The molecule has 0 N–H and O–H groups in total. The average Bonchev–Trinajstić information content (AvgIpc) is 2.68. The molecule has 0 atom stereocenters. The highest BCUT2D eigenvalue weighted by Gasteiger charge is 2.12. The molecule has 4 heteroatoms. The molecule has 0 spiro atoms. The lowest BCUT2D eigenvalue weighted by Gasteiger charge is -2.24. The molecule has 0 aliphatic heterocycles. The number of nitrogens with zero attached hydrogens (tertiary/aromatic N) is 3. The molecule has 0 saturated heterocycles. The predicted octanol–water partition coefficient (Wildman–Crippen LogP) is 5.83. The summed E-state index contributed by atoms with van der Waals surface area (Å²) in [4.78, 5) is 11.5. The number of ether oxygens (including phenoxy) is 1. The van der Waals surface area contributed by atoms with Crippen LogP contribution in [0.25, 0.3) is 10.9 Å². The van der Waals surface area contributed by atoms with Gasteiger partial charge in [-0.25, -0.2) is 9.97 Å². The van der Waals surface area contributed by atoms with Gasteiger partial charge in [0.15, 0.2) is 0 Å².